The van der Waals surface area contributed by atoms with Crippen molar-refractivity contribution in [3.63, 3.8) is 0 Å². The first-order chi connectivity index (χ1) is 28.6. The lowest BCUT2D eigenvalue weighted by molar-refractivity contribution is 1.11. The molecule has 10 aromatic rings. The van der Waals surface area contributed by atoms with Gasteiger partial charge in [-0.15, -0.1) is 21.9 Å². The van der Waals surface area contributed by atoms with Gasteiger partial charge < -0.3 is 0 Å². The van der Waals surface area contributed by atoms with E-state index >= 15 is 0 Å². The van der Waals surface area contributed by atoms with Gasteiger partial charge in [-0.3, -0.25) is 4.57 Å². The van der Waals surface area contributed by atoms with E-state index in [2.05, 4.69) is 59.2 Å². The summed E-state index contributed by atoms with van der Waals surface area (Å²) in [5.74, 6) is 0.777. The van der Waals surface area contributed by atoms with Gasteiger partial charge in [0.1, 0.15) is 68.6 Å². The summed E-state index contributed by atoms with van der Waals surface area (Å²) < 4.78 is 2.21. The first kappa shape index (κ1) is 37.0. The smallest absolute Gasteiger partial charge is 0.145 e. The molecule has 59 heavy (non-hydrogen) atoms. The van der Waals surface area contributed by atoms with Gasteiger partial charge in [0.25, 0.3) is 0 Å². The maximum atomic E-state index is 7.01. The summed E-state index contributed by atoms with van der Waals surface area (Å²) in [6, 6.07) is 49.1. The standard InChI is InChI=1S/C49H24B8N2/c50-41-37-35(28-19-17-26(18-20-28)25-9-2-1-3-10-25)38-40(44(53)48(57)46(55)42(38)51)36(39(37)43(52)47(56)45(41)54)29-21-23-30(24-22-29)49-58-32-14-6-7-15-34(32)59(49)33-16-8-12-27-11-4-5-13-31(27)33/h1-24H. The molecular formula is C49H24B8N2. The predicted octanol–water partition coefficient (Wildman–Crippen LogP) is 3.50. The zero-order valence-corrected chi connectivity index (χ0v) is 31.9. The van der Waals surface area contributed by atoms with Crippen LogP contribution >= 0.6 is 0 Å². The average Bonchev–Trinajstić information content (AvgIpc) is 3.67. The topological polar surface area (TPSA) is 17.8 Å². The molecule has 0 spiro atoms. The molecule has 0 atom stereocenters. The Balaban J connectivity index is 1.26. The van der Waals surface area contributed by atoms with Gasteiger partial charge in [0.15, 0.2) is 0 Å². The lowest BCUT2D eigenvalue weighted by Crippen LogP contribution is -2.50. The molecule has 16 radical (unpaired) electrons. The van der Waals surface area contributed by atoms with Crippen LogP contribution in [0.3, 0.4) is 0 Å². The van der Waals surface area contributed by atoms with Crippen LogP contribution in [0.25, 0.3) is 93.8 Å². The highest BCUT2D eigenvalue weighted by Crippen LogP contribution is 2.42. The van der Waals surface area contributed by atoms with Crippen molar-refractivity contribution in [2.45, 2.75) is 0 Å². The minimum atomic E-state index is 0.163. The molecule has 0 saturated heterocycles. The van der Waals surface area contributed by atoms with Gasteiger partial charge in [-0.2, -0.15) is 0 Å². The van der Waals surface area contributed by atoms with Gasteiger partial charge in [-0.1, -0.05) is 149 Å². The van der Waals surface area contributed by atoms with Crippen molar-refractivity contribution in [1.29, 1.82) is 0 Å². The molecular weight excluding hydrogens is 703 g/mol. The molecule has 0 aliphatic rings. The second-order valence-electron chi connectivity index (χ2n) is 14.8. The Morgan fingerprint density at radius 2 is 0.763 bits per heavy atom. The van der Waals surface area contributed by atoms with Crippen LogP contribution < -0.4 is 43.7 Å². The van der Waals surface area contributed by atoms with Crippen LogP contribution in [0.4, 0.5) is 0 Å². The SMILES string of the molecule is [B]c1c([B])c([B])c2c(-c3ccc(-c4nc5ccccc5n4-c4cccc5ccccc45)cc3)c3c([B])c([B])c([B])c([B])c3c(-c3ccc(-c4ccccc4)cc3)c2c1[B]. The van der Waals surface area contributed by atoms with Crippen molar-refractivity contribution in [3.8, 4) is 50.5 Å². The first-order valence-corrected chi connectivity index (χ1v) is 19.1. The Hall–Kier alpha value is -6.25. The highest BCUT2D eigenvalue weighted by molar-refractivity contribution is 6.71. The Labute approximate surface area is 353 Å². The van der Waals surface area contributed by atoms with E-state index in [-0.39, 0.29) is 43.7 Å². The first-order valence-electron chi connectivity index (χ1n) is 19.1. The van der Waals surface area contributed by atoms with E-state index in [9.17, 15) is 0 Å². The fourth-order valence-electron chi connectivity index (χ4n) is 8.64. The number of aromatic nitrogens is 2. The summed E-state index contributed by atoms with van der Waals surface area (Å²) in [6.07, 6.45) is 0. The normalized spacial score (nSPS) is 11.6. The summed E-state index contributed by atoms with van der Waals surface area (Å²) in [7, 11) is 54.5. The van der Waals surface area contributed by atoms with Gasteiger partial charge in [-0.05, 0) is 78.5 Å². The molecule has 0 fully saturated rings. The molecule has 1 aromatic heterocycles. The number of imidazole rings is 1. The van der Waals surface area contributed by atoms with Crippen LogP contribution in [0.5, 0.6) is 0 Å². The second kappa shape index (κ2) is 14.2. The molecule has 2 nitrogen and oxygen atoms in total. The number of fused-ring (bicyclic) bond motifs is 4. The largest absolute Gasteiger partial charge is 0.292 e. The maximum Gasteiger partial charge on any atom is 0.145 e. The monoisotopic (exact) mass is 728 g/mol. The Bertz CT molecular complexity index is 3260. The van der Waals surface area contributed by atoms with Crippen LogP contribution in [-0.2, 0) is 0 Å². The number of rotatable bonds is 5. The molecule has 9 aromatic carbocycles. The second-order valence-corrected chi connectivity index (χ2v) is 14.8. The fourth-order valence-corrected chi connectivity index (χ4v) is 8.64. The van der Waals surface area contributed by atoms with E-state index in [1.54, 1.807) is 0 Å². The van der Waals surface area contributed by atoms with E-state index in [4.69, 9.17) is 67.8 Å². The van der Waals surface area contributed by atoms with Gasteiger partial charge in [0.05, 0.1) is 16.7 Å². The molecule has 0 saturated carbocycles. The third kappa shape index (κ3) is 5.71. The molecule has 0 unspecified atom stereocenters. The highest BCUT2D eigenvalue weighted by atomic mass is 15.1. The summed E-state index contributed by atoms with van der Waals surface area (Å²) in [5, 5.41) is 4.51. The molecule has 254 valence electrons. The van der Waals surface area contributed by atoms with Crippen molar-refractivity contribution >= 4 is 150 Å². The summed E-state index contributed by atoms with van der Waals surface area (Å²) >= 11 is 0. The van der Waals surface area contributed by atoms with Gasteiger partial charge in [-0.25, -0.2) is 4.98 Å². The Morgan fingerprint density at radius 3 is 1.32 bits per heavy atom. The molecule has 0 bridgehead atoms. The number of nitrogens with zero attached hydrogens (tertiary/aromatic N) is 2. The zero-order valence-electron chi connectivity index (χ0n) is 31.9. The number of para-hydroxylation sites is 2. The Morgan fingerprint density at radius 1 is 0.339 bits per heavy atom. The molecule has 1 heterocycles. The minimum absolute atomic E-state index is 0.163. The van der Waals surface area contributed by atoms with Crippen LogP contribution in [-0.4, -0.2) is 72.3 Å². The lowest BCUT2D eigenvalue weighted by Gasteiger charge is -2.28. The number of hydrogen-bond acceptors (Lipinski definition) is 1. The number of benzene rings is 9. The zero-order chi connectivity index (χ0) is 40.7. The predicted molar refractivity (Wildman–Crippen MR) is 258 cm³/mol. The molecule has 0 amide bonds. The molecule has 0 aliphatic carbocycles. The van der Waals surface area contributed by atoms with Crippen LogP contribution in [0.1, 0.15) is 0 Å². The van der Waals surface area contributed by atoms with Crippen molar-refractivity contribution in [1.82, 2.24) is 9.55 Å². The van der Waals surface area contributed by atoms with Gasteiger partial charge in [0, 0.05) is 10.9 Å². The van der Waals surface area contributed by atoms with Crippen molar-refractivity contribution in [2.24, 2.45) is 0 Å². The van der Waals surface area contributed by atoms with Crippen molar-refractivity contribution in [2.75, 3.05) is 0 Å². The Kier molecular flexibility index (Phi) is 8.94. The summed E-state index contributed by atoms with van der Waals surface area (Å²) in [6.45, 7) is 0. The van der Waals surface area contributed by atoms with Gasteiger partial charge in [0.2, 0.25) is 0 Å². The highest BCUT2D eigenvalue weighted by Gasteiger charge is 2.25. The average molecular weight is 727 g/mol. The van der Waals surface area contributed by atoms with E-state index in [0.717, 1.165) is 61.1 Å². The molecule has 10 heteroatoms. The van der Waals surface area contributed by atoms with Crippen LogP contribution in [0.15, 0.2) is 146 Å². The van der Waals surface area contributed by atoms with E-state index < -0.39 is 0 Å². The maximum absolute atomic E-state index is 7.01. The van der Waals surface area contributed by atoms with Crippen molar-refractivity contribution < 1.29 is 0 Å². The van der Waals surface area contributed by atoms with Crippen LogP contribution in [0.2, 0.25) is 0 Å². The molecule has 0 aliphatic heterocycles. The fraction of sp³-hybridized carbons (Fsp3) is 0. The lowest BCUT2D eigenvalue weighted by atomic mass is 9.59. The minimum Gasteiger partial charge on any atom is -0.292 e. The number of hydrogen-bond donors (Lipinski definition) is 0. The quantitative estimate of drug-likeness (QED) is 0.196. The van der Waals surface area contributed by atoms with Crippen molar-refractivity contribution in [3.05, 3.63) is 146 Å². The molecule has 0 N–H and O–H groups in total. The van der Waals surface area contributed by atoms with E-state index in [1.165, 1.54) is 0 Å². The third-order valence-corrected chi connectivity index (χ3v) is 11.6. The van der Waals surface area contributed by atoms with Gasteiger partial charge >= 0.3 is 0 Å². The summed E-state index contributed by atoms with van der Waals surface area (Å²) in [4.78, 5) is 5.16. The van der Waals surface area contributed by atoms with E-state index in [0.29, 0.717) is 32.7 Å². The summed E-state index contributed by atoms with van der Waals surface area (Å²) in [5.41, 5.74) is 10.4. The third-order valence-electron chi connectivity index (χ3n) is 11.6. The van der Waals surface area contributed by atoms with E-state index in [1.807, 2.05) is 91.0 Å². The molecule has 10 rings (SSSR count). The van der Waals surface area contributed by atoms with Crippen LogP contribution in [0, 0.1) is 0 Å².